The van der Waals surface area contributed by atoms with Crippen molar-refractivity contribution >= 4 is 17.9 Å². The minimum Gasteiger partial charge on any atom is -0.462 e. The Hall–Kier alpha value is -3.15. The number of rotatable bonds is 50. The zero-order valence-corrected chi connectivity index (χ0v) is 43.4. The second kappa shape index (κ2) is 54.5. The fourth-order valence-electron chi connectivity index (χ4n) is 7.95. The number of allylic oxidation sites excluding steroid dienone is 12. The summed E-state index contributed by atoms with van der Waals surface area (Å²) in [6.45, 7) is 6.48. The Morgan fingerprint density at radius 1 is 0.318 bits per heavy atom. The molecule has 0 saturated heterocycles. The molecule has 0 saturated carbocycles. The highest BCUT2D eigenvalue weighted by atomic mass is 16.6. The number of unbranched alkanes of at least 4 members (excludes halogenated alkanes) is 32. The highest BCUT2D eigenvalue weighted by Gasteiger charge is 2.19. The molecule has 0 radical (unpaired) electrons. The highest BCUT2D eigenvalue weighted by molar-refractivity contribution is 5.71. The Balaban J connectivity index is 4.41. The third-order valence-corrected chi connectivity index (χ3v) is 12.1. The van der Waals surface area contributed by atoms with Crippen molar-refractivity contribution in [2.24, 2.45) is 0 Å². The van der Waals surface area contributed by atoms with Gasteiger partial charge in [-0.3, -0.25) is 14.4 Å². The van der Waals surface area contributed by atoms with Crippen LogP contribution in [-0.4, -0.2) is 37.2 Å². The van der Waals surface area contributed by atoms with E-state index in [1.165, 1.54) is 161 Å². The maximum absolute atomic E-state index is 12.8. The maximum atomic E-state index is 12.8. The summed E-state index contributed by atoms with van der Waals surface area (Å²) in [5.74, 6) is -0.924. The van der Waals surface area contributed by atoms with Gasteiger partial charge in [0.2, 0.25) is 0 Å². The SMILES string of the molecule is CC\C=C/C=C\C=C/C=C\C=C\C=C/CCCCCC(=O)OC(COC(=O)CCCCCCCCCCCCCC)COC(=O)CCCCCCCCCCCCCCCCCCCCC. The molecule has 6 nitrogen and oxygen atoms in total. The quantitative estimate of drug-likeness (QED) is 0.0262. The van der Waals surface area contributed by atoms with Crippen LogP contribution in [0, 0.1) is 0 Å². The van der Waals surface area contributed by atoms with E-state index in [2.05, 4.69) is 32.9 Å². The van der Waals surface area contributed by atoms with Crippen molar-refractivity contribution in [2.45, 2.75) is 277 Å². The topological polar surface area (TPSA) is 78.9 Å². The molecule has 6 heteroatoms. The lowest BCUT2D eigenvalue weighted by molar-refractivity contribution is -0.167. The van der Waals surface area contributed by atoms with Gasteiger partial charge in [0, 0.05) is 19.3 Å². The largest absolute Gasteiger partial charge is 0.462 e. The number of hydrogen-bond donors (Lipinski definition) is 0. The lowest BCUT2D eigenvalue weighted by Crippen LogP contribution is -2.30. The standard InChI is InChI=1S/C60H104O6/c1-4-7-10-13-16-19-22-25-27-29-30-32-33-35-38-41-44-47-50-53-59(62)65-56-57(55-64-58(61)52-49-46-43-40-37-24-21-18-15-12-9-6-3)66-60(63)54-51-48-45-42-39-36-34-31-28-26-23-20-17-14-11-8-5-2/h8,11,14,17,20,23,26,28,31,34,36,39,57H,4-7,9-10,12-13,15-16,18-19,21-22,24-25,27,29-30,32-33,35,37-38,40-56H2,1-3H3/b11-8-,17-14-,23-20-,28-26-,34-31+,39-36-. The molecule has 1 atom stereocenters. The average molecular weight is 921 g/mol. The molecule has 0 fully saturated rings. The van der Waals surface area contributed by atoms with E-state index < -0.39 is 6.10 Å². The van der Waals surface area contributed by atoms with E-state index in [0.29, 0.717) is 19.3 Å². The first kappa shape index (κ1) is 62.8. The summed E-state index contributed by atoms with van der Waals surface area (Å²) in [7, 11) is 0. The summed E-state index contributed by atoms with van der Waals surface area (Å²) in [4.78, 5) is 38.1. The van der Waals surface area contributed by atoms with E-state index in [4.69, 9.17) is 14.2 Å². The van der Waals surface area contributed by atoms with Crippen LogP contribution in [0.25, 0.3) is 0 Å². The molecule has 0 heterocycles. The van der Waals surface area contributed by atoms with E-state index in [9.17, 15) is 14.4 Å². The first-order valence-electron chi connectivity index (χ1n) is 28.0. The van der Waals surface area contributed by atoms with Gasteiger partial charge in [0.05, 0.1) is 0 Å². The Bertz CT molecular complexity index is 1240. The number of esters is 3. The summed E-state index contributed by atoms with van der Waals surface area (Å²) in [5, 5.41) is 0. The molecule has 1 unspecified atom stereocenters. The predicted octanol–water partition coefficient (Wildman–Crippen LogP) is 18.6. The van der Waals surface area contributed by atoms with E-state index in [1.807, 2.05) is 60.8 Å². The Morgan fingerprint density at radius 3 is 0.924 bits per heavy atom. The highest BCUT2D eigenvalue weighted by Crippen LogP contribution is 2.16. The molecular formula is C60H104O6. The van der Waals surface area contributed by atoms with Gasteiger partial charge in [0.15, 0.2) is 6.10 Å². The number of hydrogen-bond acceptors (Lipinski definition) is 6. The normalized spacial score (nSPS) is 12.6. The Labute approximate surface area is 408 Å². The van der Waals surface area contributed by atoms with Gasteiger partial charge < -0.3 is 14.2 Å². The van der Waals surface area contributed by atoms with Crippen LogP contribution in [0.15, 0.2) is 72.9 Å². The molecule has 0 aromatic carbocycles. The van der Waals surface area contributed by atoms with Crippen molar-refractivity contribution in [3.8, 4) is 0 Å². The monoisotopic (exact) mass is 921 g/mol. The van der Waals surface area contributed by atoms with Crippen molar-refractivity contribution in [2.75, 3.05) is 13.2 Å². The van der Waals surface area contributed by atoms with Gasteiger partial charge in [0.25, 0.3) is 0 Å². The summed E-state index contributed by atoms with van der Waals surface area (Å²) < 4.78 is 16.8. The molecule has 0 aromatic rings. The smallest absolute Gasteiger partial charge is 0.306 e. The molecule has 0 spiro atoms. The second-order valence-electron chi connectivity index (χ2n) is 18.6. The molecule has 66 heavy (non-hydrogen) atoms. The average Bonchev–Trinajstić information content (AvgIpc) is 3.31. The minimum atomic E-state index is -0.795. The van der Waals surface area contributed by atoms with Gasteiger partial charge >= 0.3 is 17.9 Å². The van der Waals surface area contributed by atoms with Crippen LogP contribution in [0.1, 0.15) is 271 Å². The van der Waals surface area contributed by atoms with E-state index in [1.54, 1.807) is 0 Å². The molecule has 0 aliphatic carbocycles. The van der Waals surface area contributed by atoms with Crippen molar-refractivity contribution in [1.29, 1.82) is 0 Å². The third kappa shape index (κ3) is 51.8. The number of carbonyl (C=O) groups is 3. The minimum absolute atomic E-state index is 0.0902. The molecule has 0 N–H and O–H groups in total. The Morgan fingerprint density at radius 2 is 0.591 bits per heavy atom. The summed E-state index contributed by atoms with van der Waals surface area (Å²) >= 11 is 0. The lowest BCUT2D eigenvalue weighted by Gasteiger charge is -2.18. The van der Waals surface area contributed by atoms with E-state index in [0.717, 1.165) is 64.2 Å². The zero-order chi connectivity index (χ0) is 47.9. The molecular weight excluding hydrogens is 817 g/mol. The van der Waals surface area contributed by atoms with Gasteiger partial charge in [-0.15, -0.1) is 0 Å². The molecule has 0 amide bonds. The molecule has 0 rings (SSSR count). The lowest BCUT2D eigenvalue weighted by atomic mass is 10.0. The first-order chi connectivity index (χ1) is 32.5. The Kier molecular flexibility index (Phi) is 51.9. The number of carbonyl (C=O) groups excluding carboxylic acids is 3. The fourth-order valence-corrected chi connectivity index (χ4v) is 7.95. The van der Waals surface area contributed by atoms with Crippen molar-refractivity contribution in [3.05, 3.63) is 72.9 Å². The van der Waals surface area contributed by atoms with Crippen LogP contribution in [0.3, 0.4) is 0 Å². The van der Waals surface area contributed by atoms with Crippen LogP contribution < -0.4 is 0 Å². The van der Waals surface area contributed by atoms with Crippen LogP contribution in [-0.2, 0) is 28.6 Å². The predicted molar refractivity (Wildman–Crippen MR) is 284 cm³/mol. The third-order valence-electron chi connectivity index (χ3n) is 12.1. The van der Waals surface area contributed by atoms with Crippen LogP contribution in [0.4, 0.5) is 0 Å². The van der Waals surface area contributed by atoms with Gasteiger partial charge in [-0.05, 0) is 38.5 Å². The molecule has 380 valence electrons. The summed E-state index contributed by atoms with van der Waals surface area (Å²) in [6.07, 6.45) is 68.9. The van der Waals surface area contributed by atoms with Crippen LogP contribution in [0.5, 0.6) is 0 Å². The van der Waals surface area contributed by atoms with Gasteiger partial charge in [-0.1, -0.05) is 286 Å². The maximum Gasteiger partial charge on any atom is 0.306 e. The fraction of sp³-hybridized carbons (Fsp3) is 0.750. The molecule has 0 aliphatic heterocycles. The van der Waals surface area contributed by atoms with Gasteiger partial charge in [-0.25, -0.2) is 0 Å². The van der Waals surface area contributed by atoms with Crippen molar-refractivity contribution in [1.82, 2.24) is 0 Å². The van der Waals surface area contributed by atoms with Crippen molar-refractivity contribution in [3.63, 3.8) is 0 Å². The molecule has 0 aliphatic rings. The second-order valence-corrected chi connectivity index (χ2v) is 18.6. The van der Waals surface area contributed by atoms with Gasteiger partial charge in [-0.2, -0.15) is 0 Å². The first-order valence-corrected chi connectivity index (χ1v) is 28.0. The summed E-state index contributed by atoms with van der Waals surface area (Å²) in [6, 6.07) is 0. The van der Waals surface area contributed by atoms with Crippen LogP contribution in [0.2, 0.25) is 0 Å². The molecule has 0 bridgehead atoms. The zero-order valence-electron chi connectivity index (χ0n) is 43.4. The van der Waals surface area contributed by atoms with E-state index in [-0.39, 0.29) is 37.5 Å². The van der Waals surface area contributed by atoms with Gasteiger partial charge in [0.1, 0.15) is 13.2 Å². The van der Waals surface area contributed by atoms with Crippen molar-refractivity contribution < 1.29 is 28.6 Å². The number of ether oxygens (including phenoxy) is 3. The molecule has 0 aromatic heterocycles. The summed E-state index contributed by atoms with van der Waals surface area (Å²) in [5.41, 5.74) is 0. The van der Waals surface area contributed by atoms with Crippen LogP contribution >= 0.6 is 0 Å². The van der Waals surface area contributed by atoms with E-state index >= 15 is 0 Å².